The Morgan fingerprint density at radius 1 is 0.962 bits per heavy atom. The van der Waals surface area contributed by atoms with Crippen LogP contribution in [0.5, 0.6) is 0 Å². The van der Waals surface area contributed by atoms with Crippen LogP contribution in [0.15, 0.2) is 67.0 Å². The highest BCUT2D eigenvalue weighted by molar-refractivity contribution is 5.83. The summed E-state index contributed by atoms with van der Waals surface area (Å²) >= 11 is 0. The molecule has 2 heterocycles. The summed E-state index contributed by atoms with van der Waals surface area (Å²) in [5, 5.41) is 11.4. The van der Waals surface area contributed by atoms with Gasteiger partial charge in [-0.1, -0.05) is 60.7 Å². The molecule has 1 aliphatic rings. The van der Waals surface area contributed by atoms with Crippen molar-refractivity contribution >= 4 is 5.91 Å². The summed E-state index contributed by atoms with van der Waals surface area (Å²) in [5.74, 6) is 0.568. The van der Waals surface area contributed by atoms with Crippen LogP contribution in [0.3, 0.4) is 0 Å². The molecule has 1 fully saturated rings. The summed E-state index contributed by atoms with van der Waals surface area (Å²) in [7, 11) is 0. The number of hydrogen-bond donors (Lipinski definition) is 0. The molecule has 0 aliphatic carbocycles. The molecule has 1 atom stereocenters. The third-order valence-corrected chi connectivity index (χ3v) is 5.06. The number of benzene rings is 2. The Labute approximate surface area is 152 Å². The Morgan fingerprint density at radius 2 is 1.62 bits per heavy atom. The number of piperidine rings is 1. The predicted octanol–water partition coefficient (Wildman–Crippen LogP) is 2.67. The monoisotopic (exact) mass is 347 g/mol. The maximum absolute atomic E-state index is 13.2. The van der Waals surface area contributed by atoms with Crippen molar-refractivity contribution in [2.75, 3.05) is 13.1 Å². The van der Waals surface area contributed by atoms with Crippen LogP contribution in [0.4, 0.5) is 0 Å². The highest BCUT2D eigenvalue weighted by Crippen LogP contribution is 2.29. The first-order valence-electron chi connectivity index (χ1n) is 8.94. The molecule has 4 rings (SSSR count). The third kappa shape index (κ3) is 3.35. The van der Waals surface area contributed by atoms with Gasteiger partial charge in [0.2, 0.25) is 0 Å². The van der Waals surface area contributed by atoms with Gasteiger partial charge in [-0.2, -0.15) is 0 Å². The molecule has 6 nitrogen and oxygen atoms in total. The molecule has 0 saturated carbocycles. The topological polar surface area (TPSA) is 63.9 Å². The summed E-state index contributed by atoms with van der Waals surface area (Å²) in [6.07, 6.45) is 3.46. The molecule has 0 spiro atoms. The molecule has 1 aliphatic heterocycles. The Balaban J connectivity index is 1.51. The van der Waals surface area contributed by atoms with Gasteiger partial charge >= 0.3 is 0 Å². The van der Waals surface area contributed by atoms with Gasteiger partial charge in [-0.25, -0.2) is 4.68 Å². The Bertz CT molecular complexity index is 827. The first-order chi connectivity index (χ1) is 12.8. The normalized spacial score (nSPS) is 16.4. The average molecular weight is 347 g/mol. The molecule has 0 unspecified atom stereocenters. The quantitative estimate of drug-likeness (QED) is 0.728. The van der Waals surface area contributed by atoms with Gasteiger partial charge in [0.05, 0.1) is 0 Å². The summed E-state index contributed by atoms with van der Waals surface area (Å²) in [4.78, 5) is 15.2. The summed E-state index contributed by atoms with van der Waals surface area (Å²) in [6.45, 7) is 1.51. The van der Waals surface area contributed by atoms with Gasteiger partial charge < -0.3 is 4.90 Å². The number of likely N-dealkylation sites (tertiary alicyclic amines) is 1. The van der Waals surface area contributed by atoms with E-state index >= 15 is 0 Å². The molecule has 0 bridgehead atoms. The maximum Gasteiger partial charge on any atom is 0.252 e. The highest BCUT2D eigenvalue weighted by Gasteiger charge is 2.31. The molecule has 26 heavy (non-hydrogen) atoms. The van der Waals surface area contributed by atoms with Crippen LogP contribution in [0, 0.1) is 0 Å². The fourth-order valence-electron chi connectivity index (χ4n) is 3.66. The smallest absolute Gasteiger partial charge is 0.252 e. The fourth-order valence-corrected chi connectivity index (χ4v) is 3.66. The molecule has 1 saturated heterocycles. The number of tetrazole rings is 1. The zero-order chi connectivity index (χ0) is 17.8. The van der Waals surface area contributed by atoms with E-state index in [4.69, 9.17) is 0 Å². The standard InChI is InChI=1S/C20H21N5O/c26-20(19(25-15-21-22-23-25)18-9-5-2-6-10-18)24-13-11-17(12-14-24)16-7-3-1-4-8-16/h1-10,15,17,19H,11-14H2/t19-/m1/s1. The molecular weight excluding hydrogens is 326 g/mol. The predicted molar refractivity (Wildman–Crippen MR) is 97.4 cm³/mol. The third-order valence-electron chi connectivity index (χ3n) is 5.06. The van der Waals surface area contributed by atoms with Crippen molar-refractivity contribution in [2.45, 2.75) is 24.8 Å². The molecule has 0 N–H and O–H groups in total. The van der Waals surface area contributed by atoms with Gasteiger partial charge in [-0.3, -0.25) is 4.79 Å². The van der Waals surface area contributed by atoms with Crippen LogP contribution < -0.4 is 0 Å². The number of amides is 1. The van der Waals surface area contributed by atoms with Crippen LogP contribution in [0.2, 0.25) is 0 Å². The summed E-state index contributed by atoms with van der Waals surface area (Å²) in [6, 6.07) is 19.7. The minimum Gasteiger partial charge on any atom is -0.340 e. The maximum atomic E-state index is 13.2. The van der Waals surface area contributed by atoms with E-state index in [2.05, 4.69) is 39.8 Å². The van der Waals surface area contributed by atoms with Crippen molar-refractivity contribution in [1.29, 1.82) is 0 Å². The first kappa shape index (κ1) is 16.4. The Morgan fingerprint density at radius 3 is 2.23 bits per heavy atom. The largest absolute Gasteiger partial charge is 0.340 e. The molecule has 6 heteroatoms. The van der Waals surface area contributed by atoms with Crippen LogP contribution in [0.1, 0.15) is 35.9 Å². The zero-order valence-electron chi connectivity index (χ0n) is 14.5. The number of rotatable bonds is 4. The SMILES string of the molecule is O=C([C@@H](c1ccccc1)n1cnnn1)N1CCC(c2ccccc2)CC1. The second-order valence-electron chi connectivity index (χ2n) is 6.61. The molecule has 0 radical (unpaired) electrons. The van der Waals surface area contributed by atoms with Crippen LogP contribution in [0.25, 0.3) is 0 Å². The van der Waals surface area contributed by atoms with Crippen LogP contribution in [-0.2, 0) is 4.79 Å². The van der Waals surface area contributed by atoms with Crippen molar-refractivity contribution in [2.24, 2.45) is 0 Å². The molecule has 1 amide bonds. The van der Waals surface area contributed by atoms with E-state index in [1.807, 2.05) is 41.3 Å². The van der Waals surface area contributed by atoms with E-state index in [9.17, 15) is 4.79 Å². The minimum absolute atomic E-state index is 0.0509. The van der Waals surface area contributed by atoms with Gasteiger partial charge in [-0.15, -0.1) is 5.10 Å². The van der Waals surface area contributed by atoms with Crippen molar-refractivity contribution in [3.8, 4) is 0 Å². The molecule has 132 valence electrons. The van der Waals surface area contributed by atoms with Crippen molar-refractivity contribution in [3.63, 3.8) is 0 Å². The van der Waals surface area contributed by atoms with E-state index in [1.165, 1.54) is 11.9 Å². The van der Waals surface area contributed by atoms with Crippen LogP contribution in [-0.4, -0.2) is 44.1 Å². The average Bonchev–Trinajstić information content (AvgIpc) is 3.24. The van der Waals surface area contributed by atoms with Crippen molar-refractivity contribution < 1.29 is 4.79 Å². The number of nitrogens with zero attached hydrogens (tertiary/aromatic N) is 5. The minimum atomic E-state index is -0.514. The number of aromatic nitrogens is 4. The molecular formula is C20H21N5O. The molecule has 3 aromatic rings. The fraction of sp³-hybridized carbons (Fsp3) is 0.300. The lowest BCUT2D eigenvalue weighted by atomic mass is 9.89. The number of carbonyl (C=O) groups excluding carboxylic acids is 1. The molecule has 2 aromatic carbocycles. The van der Waals surface area contributed by atoms with E-state index in [0.717, 1.165) is 31.5 Å². The first-order valence-corrected chi connectivity index (χ1v) is 8.94. The Kier molecular flexibility index (Phi) is 4.73. The van der Waals surface area contributed by atoms with Crippen LogP contribution >= 0.6 is 0 Å². The van der Waals surface area contributed by atoms with E-state index in [1.54, 1.807) is 4.68 Å². The van der Waals surface area contributed by atoms with Gasteiger partial charge in [0.25, 0.3) is 5.91 Å². The second kappa shape index (κ2) is 7.47. The van der Waals surface area contributed by atoms with Crippen molar-refractivity contribution in [1.82, 2.24) is 25.1 Å². The summed E-state index contributed by atoms with van der Waals surface area (Å²) < 4.78 is 1.54. The van der Waals surface area contributed by atoms with Gasteiger partial charge in [0.15, 0.2) is 6.04 Å². The second-order valence-corrected chi connectivity index (χ2v) is 6.61. The highest BCUT2D eigenvalue weighted by atomic mass is 16.2. The lowest BCUT2D eigenvalue weighted by Gasteiger charge is -2.34. The molecule has 1 aromatic heterocycles. The van der Waals surface area contributed by atoms with Gasteiger partial charge in [0, 0.05) is 13.1 Å². The lowest BCUT2D eigenvalue weighted by Crippen LogP contribution is -2.42. The van der Waals surface area contributed by atoms with Gasteiger partial charge in [-0.05, 0) is 40.3 Å². The van der Waals surface area contributed by atoms with Gasteiger partial charge in [0.1, 0.15) is 6.33 Å². The van der Waals surface area contributed by atoms with E-state index in [-0.39, 0.29) is 5.91 Å². The number of carbonyl (C=O) groups is 1. The number of hydrogen-bond acceptors (Lipinski definition) is 4. The summed E-state index contributed by atoms with van der Waals surface area (Å²) in [5.41, 5.74) is 2.26. The Hall–Kier alpha value is -3.02. The van der Waals surface area contributed by atoms with E-state index < -0.39 is 6.04 Å². The zero-order valence-corrected chi connectivity index (χ0v) is 14.5. The van der Waals surface area contributed by atoms with E-state index in [0.29, 0.717) is 5.92 Å². The van der Waals surface area contributed by atoms with Crippen molar-refractivity contribution in [3.05, 3.63) is 78.1 Å². The lowest BCUT2D eigenvalue weighted by molar-refractivity contribution is -0.135.